The van der Waals surface area contributed by atoms with Crippen LogP contribution in [0.3, 0.4) is 0 Å². The van der Waals surface area contributed by atoms with Gasteiger partial charge in [-0.25, -0.2) is 9.78 Å². The number of hydrogen-bond acceptors (Lipinski definition) is 8. The summed E-state index contributed by atoms with van der Waals surface area (Å²) in [6.07, 6.45) is 5.61. The second kappa shape index (κ2) is 14.3. The van der Waals surface area contributed by atoms with Crippen molar-refractivity contribution in [2.24, 2.45) is 0 Å². The second-order valence-corrected chi connectivity index (χ2v) is 14.2. The summed E-state index contributed by atoms with van der Waals surface area (Å²) < 4.78 is 27.3. The molecule has 3 aliphatic rings. The van der Waals surface area contributed by atoms with E-state index in [1.807, 2.05) is 33.8 Å². The predicted molar refractivity (Wildman–Crippen MR) is 178 cm³/mol. The maximum Gasteiger partial charge on any atom is 0.337 e. The number of aryl methyl sites for hydroxylation is 2. The third-order valence-corrected chi connectivity index (χ3v) is 8.94. The summed E-state index contributed by atoms with van der Waals surface area (Å²) in [5.41, 5.74) is 3.71. The molecule has 6 rings (SSSR count). The molecule has 10 heteroatoms. The van der Waals surface area contributed by atoms with Gasteiger partial charge in [0.25, 0.3) is 0 Å². The smallest absolute Gasteiger partial charge is 0.337 e. The molecule has 1 aromatic carbocycles. The fourth-order valence-electron chi connectivity index (χ4n) is 6.48. The van der Waals surface area contributed by atoms with Crippen LogP contribution in [-0.4, -0.2) is 62.7 Å². The van der Waals surface area contributed by atoms with Crippen LogP contribution in [0.4, 0.5) is 5.82 Å². The molecule has 1 N–H and O–H groups in total. The number of aromatic nitrogens is 3. The Balaban J connectivity index is 1.54. The minimum atomic E-state index is -1.21. The van der Waals surface area contributed by atoms with Crippen molar-refractivity contribution in [2.75, 3.05) is 24.6 Å². The van der Waals surface area contributed by atoms with Crippen molar-refractivity contribution < 1.29 is 28.8 Å². The van der Waals surface area contributed by atoms with Gasteiger partial charge in [0, 0.05) is 37.0 Å². The largest absolute Gasteiger partial charge is 0.490 e. The second-order valence-electron chi connectivity index (χ2n) is 14.2. The number of aliphatic carboxylic acids is 1. The lowest BCUT2D eigenvalue weighted by Gasteiger charge is -2.41. The summed E-state index contributed by atoms with van der Waals surface area (Å²) in [6.45, 7) is 16.7. The van der Waals surface area contributed by atoms with Crippen LogP contribution in [0.15, 0.2) is 24.3 Å². The average molecular weight is 637 g/mol. The number of rotatable bonds is 5. The van der Waals surface area contributed by atoms with Gasteiger partial charge in [-0.05, 0) is 91.7 Å². The summed E-state index contributed by atoms with van der Waals surface area (Å²) >= 11 is 0. The molecule has 1 saturated heterocycles. The third kappa shape index (κ3) is 8.19. The van der Waals surface area contributed by atoms with Crippen LogP contribution in [0.25, 0.3) is 5.65 Å². The molecule has 3 aliphatic heterocycles. The van der Waals surface area contributed by atoms with Crippen LogP contribution < -0.4 is 9.64 Å². The molecule has 5 heterocycles. The number of piperidine rings is 1. The van der Waals surface area contributed by atoms with Crippen LogP contribution in [0.5, 0.6) is 5.75 Å². The number of anilines is 1. The van der Waals surface area contributed by atoms with Gasteiger partial charge in [-0.3, -0.25) is 0 Å². The molecular formula is C36H52N4O6. The molecule has 252 valence electrons. The van der Waals surface area contributed by atoms with Crippen molar-refractivity contribution >= 4 is 17.4 Å². The Labute approximate surface area is 273 Å². The summed E-state index contributed by atoms with van der Waals surface area (Å²) in [5.74, 6) is 0.526. The van der Waals surface area contributed by atoms with Gasteiger partial charge in [-0.15, -0.1) is 0 Å². The zero-order valence-electron chi connectivity index (χ0n) is 28.7. The fourth-order valence-corrected chi connectivity index (χ4v) is 6.48. The van der Waals surface area contributed by atoms with E-state index in [9.17, 15) is 9.90 Å². The Hall–Kier alpha value is -3.21. The molecule has 0 aliphatic carbocycles. The number of carboxylic acid groups (broad SMARTS) is 1. The van der Waals surface area contributed by atoms with Gasteiger partial charge in [0.05, 0.1) is 41.8 Å². The first-order valence-corrected chi connectivity index (χ1v) is 16.9. The molecule has 0 saturated carbocycles. The van der Waals surface area contributed by atoms with Crippen LogP contribution in [-0.2, 0) is 32.2 Å². The summed E-state index contributed by atoms with van der Waals surface area (Å²) in [7, 11) is 0. The zero-order chi connectivity index (χ0) is 33.1. The minimum absolute atomic E-state index is 0.146. The van der Waals surface area contributed by atoms with E-state index in [4.69, 9.17) is 29.0 Å². The lowest BCUT2D eigenvalue weighted by atomic mass is 9.92. The van der Waals surface area contributed by atoms with Crippen molar-refractivity contribution in [3.63, 3.8) is 0 Å². The number of carboxylic acids is 1. The maximum atomic E-state index is 12.7. The van der Waals surface area contributed by atoms with Gasteiger partial charge in [-0.1, -0.05) is 25.5 Å². The van der Waals surface area contributed by atoms with Gasteiger partial charge in [0.15, 0.2) is 11.8 Å². The summed E-state index contributed by atoms with van der Waals surface area (Å²) in [5, 5.41) is 15.3. The molecule has 4 bridgehead atoms. The first-order chi connectivity index (χ1) is 21.9. The summed E-state index contributed by atoms with van der Waals surface area (Å²) in [6, 6.07) is 8.19. The lowest BCUT2D eigenvalue weighted by molar-refractivity contribution is -0.160. The van der Waals surface area contributed by atoms with Gasteiger partial charge in [-0.2, -0.15) is 9.61 Å². The van der Waals surface area contributed by atoms with Gasteiger partial charge >= 0.3 is 5.97 Å². The SMILES string of the molecule is CCCC1CCCCOC2(C)CCN(CC2)c2c(C(OC(C)(C)C)C(=O)O)c(C)nc3cc(nn23)COCc2ccc(C)cc2O1. The van der Waals surface area contributed by atoms with E-state index in [1.165, 1.54) is 0 Å². The summed E-state index contributed by atoms with van der Waals surface area (Å²) in [4.78, 5) is 19.8. The van der Waals surface area contributed by atoms with Crippen LogP contribution in [0.2, 0.25) is 0 Å². The molecule has 0 amide bonds. The standard InChI is InChI=1S/C36H52N4O6/c1-8-11-28-12-9-10-19-44-36(7)15-17-39(18-16-36)33-31(32(34(41)42)46-35(4,5)6)25(3)37-30-21-27(38-40(30)33)23-43-22-26-14-13-24(2)20-29(26)45-28/h13-14,20-21,28,32H,8-12,15-19,22-23H2,1-7H3,(H,41,42). The quantitative estimate of drug-likeness (QED) is 0.313. The number of benzene rings is 1. The first-order valence-electron chi connectivity index (χ1n) is 16.9. The Bertz CT molecular complexity index is 1500. The third-order valence-electron chi connectivity index (χ3n) is 8.94. The van der Waals surface area contributed by atoms with Crippen molar-refractivity contribution in [3.05, 3.63) is 52.3 Å². The Morgan fingerprint density at radius 2 is 1.91 bits per heavy atom. The highest BCUT2D eigenvalue weighted by molar-refractivity contribution is 5.78. The normalized spacial score (nSPS) is 22.4. The molecular weight excluding hydrogens is 584 g/mol. The fraction of sp³-hybridized carbons (Fsp3) is 0.639. The van der Waals surface area contributed by atoms with E-state index < -0.39 is 17.7 Å². The van der Waals surface area contributed by atoms with E-state index in [1.54, 1.807) is 4.52 Å². The van der Waals surface area contributed by atoms with Crippen LogP contribution in [0.1, 0.15) is 114 Å². The number of nitrogens with zero attached hydrogens (tertiary/aromatic N) is 4. The predicted octanol–water partition coefficient (Wildman–Crippen LogP) is 7.11. The molecule has 46 heavy (non-hydrogen) atoms. The molecule has 3 aromatic rings. The number of carbonyl (C=O) groups is 1. The van der Waals surface area contributed by atoms with Gasteiger partial charge < -0.3 is 29.0 Å². The molecule has 0 radical (unpaired) electrons. The average Bonchev–Trinajstić information content (AvgIpc) is 3.38. The Morgan fingerprint density at radius 3 is 2.61 bits per heavy atom. The highest BCUT2D eigenvalue weighted by Crippen LogP contribution is 2.38. The van der Waals surface area contributed by atoms with Crippen molar-refractivity contribution in [1.82, 2.24) is 14.6 Å². The molecule has 2 atom stereocenters. The van der Waals surface area contributed by atoms with E-state index in [-0.39, 0.29) is 18.3 Å². The number of hydrogen-bond donors (Lipinski definition) is 1. The van der Waals surface area contributed by atoms with Gasteiger partial charge in [0.1, 0.15) is 11.6 Å². The minimum Gasteiger partial charge on any atom is -0.490 e. The molecule has 2 unspecified atom stereocenters. The molecule has 0 spiro atoms. The Morgan fingerprint density at radius 1 is 1.15 bits per heavy atom. The monoisotopic (exact) mass is 636 g/mol. The van der Waals surface area contributed by atoms with E-state index >= 15 is 0 Å². The molecule has 1 fully saturated rings. The van der Waals surface area contributed by atoms with Crippen molar-refractivity contribution in [3.8, 4) is 5.75 Å². The highest BCUT2D eigenvalue weighted by atomic mass is 16.5. The molecule has 2 aromatic heterocycles. The van der Waals surface area contributed by atoms with Gasteiger partial charge in [0.2, 0.25) is 0 Å². The van der Waals surface area contributed by atoms with E-state index in [2.05, 4.69) is 43.9 Å². The Kier molecular flexibility index (Phi) is 10.6. The number of fused-ring (bicyclic) bond motifs is 10. The van der Waals surface area contributed by atoms with Crippen LogP contribution >= 0.6 is 0 Å². The zero-order valence-corrected chi connectivity index (χ0v) is 28.7. The molecule has 10 nitrogen and oxygen atoms in total. The lowest BCUT2D eigenvalue weighted by Crippen LogP contribution is -2.46. The number of ether oxygens (including phenoxy) is 4. The van der Waals surface area contributed by atoms with Crippen molar-refractivity contribution in [1.29, 1.82) is 0 Å². The maximum absolute atomic E-state index is 12.7. The highest BCUT2D eigenvalue weighted by Gasteiger charge is 2.37. The van der Waals surface area contributed by atoms with E-state index in [0.717, 1.165) is 61.8 Å². The van der Waals surface area contributed by atoms with E-state index in [0.29, 0.717) is 54.7 Å². The topological polar surface area (TPSA) is 108 Å². The first kappa shape index (κ1) is 34.1. The van der Waals surface area contributed by atoms with Crippen molar-refractivity contribution in [2.45, 2.75) is 130 Å². The van der Waals surface area contributed by atoms with Crippen LogP contribution in [0, 0.1) is 13.8 Å².